The van der Waals surface area contributed by atoms with Gasteiger partial charge in [-0.1, -0.05) is 6.92 Å². The fourth-order valence-electron chi connectivity index (χ4n) is 3.29. The second-order valence-corrected chi connectivity index (χ2v) is 7.04. The number of nitrogens with zero attached hydrogens (tertiary/aromatic N) is 5. The minimum absolute atomic E-state index is 0.0496. The number of halogens is 3. The van der Waals surface area contributed by atoms with Crippen molar-refractivity contribution in [3.8, 4) is 5.69 Å². The zero-order valence-electron chi connectivity index (χ0n) is 17.4. The summed E-state index contributed by atoms with van der Waals surface area (Å²) in [4.78, 5) is 31.4. The van der Waals surface area contributed by atoms with E-state index in [0.717, 1.165) is 16.7 Å². The number of aromatic amines is 1. The molecule has 2 aromatic carbocycles. The molecular formula is C22H18F3N7O. The van der Waals surface area contributed by atoms with E-state index in [2.05, 4.69) is 24.9 Å². The SMILES string of the molecule is CCCc1nc2ccc(F)cc2c(=O)n1-c1ccc(F)cc1F.Nc1ncnc2nc[nH]c12. The maximum absolute atomic E-state index is 14.1. The number of nitrogens with one attached hydrogen (secondary N) is 1. The van der Waals surface area contributed by atoms with Crippen LogP contribution in [-0.4, -0.2) is 29.5 Å². The van der Waals surface area contributed by atoms with Crippen LogP contribution in [0.3, 0.4) is 0 Å². The Balaban J connectivity index is 0.000000214. The number of hydrogen-bond acceptors (Lipinski definition) is 6. The van der Waals surface area contributed by atoms with Gasteiger partial charge in [0.15, 0.2) is 11.5 Å². The lowest BCUT2D eigenvalue weighted by atomic mass is 10.2. The number of aromatic nitrogens is 6. The van der Waals surface area contributed by atoms with Gasteiger partial charge >= 0.3 is 0 Å². The van der Waals surface area contributed by atoms with E-state index in [9.17, 15) is 18.0 Å². The van der Waals surface area contributed by atoms with Gasteiger partial charge in [-0.15, -0.1) is 0 Å². The molecule has 0 bridgehead atoms. The van der Waals surface area contributed by atoms with Gasteiger partial charge in [0.1, 0.15) is 35.1 Å². The molecule has 0 aliphatic carbocycles. The Hall–Kier alpha value is -4.28. The van der Waals surface area contributed by atoms with Crippen molar-refractivity contribution in [1.82, 2.24) is 29.5 Å². The summed E-state index contributed by atoms with van der Waals surface area (Å²) >= 11 is 0. The van der Waals surface area contributed by atoms with Gasteiger partial charge in [-0.3, -0.25) is 9.36 Å². The summed E-state index contributed by atoms with van der Waals surface area (Å²) in [5, 5.41) is 0.0496. The highest BCUT2D eigenvalue weighted by atomic mass is 19.1. The van der Waals surface area contributed by atoms with Gasteiger partial charge in [0, 0.05) is 12.5 Å². The molecule has 3 N–H and O–H groups in total. The number of nitrogens with two attached hydrogens (primary N) is 1. The Labute approximate surface area is 185 Å². The predicted octanol–water partition coefficient (Wildman–Crippen LogP) is 3.69. The van der Waals surface area contributed by atoms with E-state index in [0.29, 0.717) is 47.2 Å². The molecule has 8 nitrogen and oxygen atoms in total. The molecule has 0 radical (unpaired) electrons. The molecule has 5 aromatic rings. The summed E-state index contributed by atoms with van der Waals surface area (Å²) in [6.07, 6.45) is 4.04. The van der Waals surface area contributed by atoms with Gasteiger partial charge in [-0.2, -0.15) is 0 Å². The molecule has 0 saturated heterocycles. The second kappa shape index (κ2) is 9.07. The molecule has 0 aliphatic rings. The number of rotatable bonds is 3. The Morgan fingerprint density at radius 3 is 2.52 bits per heavy atom. The van der Waals surface area contributed by atoms with Crippen molar-refractivity contribution >= 4 is 27.9 Å². The van der Waals surface area contributed by atoms with Crippen LogP contribution < -0.4 is 11.3 Å². The molecular weight excluding hydrogens is 435 g/mol. The highest BCUT2D eigenvalue weighted by Gasteiger charge is 2.16. The van der Waals surface area contributed by atoms with Crippen molar-refractivity contribution in [2.24, 2.45) is 0 Å². The first-order chi connectivity index (χ1) is 15.9. The van der Waals surface area contributed by atoms with Crippen LogP contribution in [0.25, 0.3) is 27.8 Å². The summed E-state index contributed by atoms with van der Waals surface area (Å²) in [6.45, 7) is 1.90. The molecule has 0 atom stereocenters. The highest BCUT2D eigenvalue weighted by Crippen LogP contribution is 2.18. The van der Waals surface area contributed by atoms with Gasteiger partial charge in [-0.05, 0) is 36.8 Å². The lowest BCUT2D eigenvalue weighted by molar-refractivity contribution is 0.573. The van der Waals surface area contributed by atoms with Crippen LogP contribution in [0.4, 0.5) is 19.0 Å². The smallest absolute Gasteiger partial charge is 0.266 e. The number of benzene rings is 2. The molecule has 33 heavy (non-hydrogen) atoms. The molecule has 5 rings (SSSR count). The van der Waals surface area contributed by atoms with Crippen molar-refractivity contribution in [2.75, 3.05) is 5.73 Å². The average molecular weight is 453 g/mol. The van der Waals surface area contributed by atoms with E-state index in [1.807, 2.05) is 6.92 Å². The molecule has 0 spiro atoms. The Kier molecular flexibility index (Phi) is 6.03. The van der Waals surface area contributed by atoms with Crippen LogP contribution in [0.5, 0.6) is 0 Å². The van der Waals surface area contributed by atoms with Gasteiger partial charge in [0.25, 0.3) is 5.56 Å². The van der Waals surface area contributed by atoms with Gasteiger partial charge in [0.05, 0.1) is 22.9 Å². The van der Waals surface area contributed by atoms with Crippen LogP contribution in [0.1, 0.15) is 19.2 Å². The van der Waals surface area contributed by atoms with Crippen LogP contribution in [0, 0.1) is 17.5 Å². The van der Waals surface area contributed by atoms with Crippen molar-refractivity contribution < 1.29 is 13.2 Å². The van der Waals surface area contributed by atoms with E-state index >= 15 is 0 Å². The standard InChI is InChI=1S/C17H13F3N2O.C5H5N5/c1-2-3-16-21-14-6-4-10(18)8-12(14)17(23)22(16)15-7-5-11(19)9-13(15)20;6-4-3-5(9-1-7-3)10-2-8-4/h4-9H,2-3H2,1H3;1-2H,(H3,6,7,8,9,10). The van der Waals surface area contributed by atoms with E-state index < -0.39 is 23.0 Å². The number of aryl methyl sites for hydroxylation is 1. The minimum Gasteiger partial charge on any atom is -0.382 e. The van der Waals surface area contributed by atoms with Crippen LogP contribution >= 0.6 is 0 Å². The summed E-state index contributed by atoms with van der Waals surface area (Å²) in [5.41, 5.74) is 6.45. The monoisotopic (exact) mass is 453 g/mol. The number of H-pyrrole nitrogens is 1. The third kappa shape index (κ3) is 4.38. The zero-order chi connectivity index (χ0) is 23.5. The molecule has 168 valence electrons. The first-order valence-corrected chi connectivity index (χ1v) is 9.95. The number of nitrogen functional groups attached to an aromatic ring is 1. The molecule has 3 heterocycles. The summed E-state index contributed by atoms with van der Waals surface area (Å²) in [5.74, 6) is -1.41. The Morgan fingerprint density at radius 1 is 1.03 bits per heavy atom. The topological polar surface area (TPSA) is 115 Å². The Morgan fingerprint density at radius 2 is 1.79 bits per heavy atom. The summed E-state index contributed by atoms with van der Waals surface area (Å²) in [7, 11) is 0. The Bertz CT molecular complexity index is 1510. The van der Waals surface area contributed by atoms with Gasteiger partial charge in [-0.25, -0.2) is 33.1 Å². The maximum atomic E-state index is 14.1. The maximum Gasteiger partial charge on any atom is 0.266 e. The van der Waals surface area contributed by atoms with Gasteiger partial charge < -0.3 is 10.7 Å². The second-order valence-electron chi connectivity index (χ2n) is 7.04. The normalized spacial score (nSPS) is 10.9. The molecule has 0 unspecified atom stereocenters. The van der Waals surface area contributed by atoms with E-state index in [1.165, 1.54) is 30.9 Å². The summed E-state index contributed by atoms with van der Waals surface area (Å²) < 4.78 is 41.8. The average Bonchev–Trinajstić information content (AvgIpc) is 3.27. The van der Waals surface area contributed by atoms with E-state index in [-0.39, 0.29) is 11.1 Å². The van der Waals surface area contributed by atoms with Crippen molar-refractivity contribution in [2.45, 2.75) is 19.8 Å². The van der Waals surface area contributed by atoms with Crippen molar-refractivity contribution in [1.29, 1.82) is 0 Å². The van der Waals surface area contributed by atoms with Gasteiger partial charge in [0.2, 0.25) is 0 Å². The largest absolute Gasteiger partial charge is 0.382 e. The third-order valence-electron chi connectivity index (χ3n) is 4.78. The fraction of sp³-hybridized carbons (Fsp3) is 0.136. The predicted molar refractivity (Wildman–Crippen MR) is 117 cm³/mol. The molecule has 0 aliphatic heterocycles. The molecule has 0 amide bonds. The third-order valence-corrected chi connectivity index (χ3v) is 4.78. The van der Waals surface area contributed by atoms with Crippen LogP contribution in [0.2, 0.25) is 0 Å². The zero-order valence-corrected chi connectivity index (χ0v) is 17.4. The quantitative estimate of drug-likeness (QED) is 0.431. The first kappa shape index (κ1) is 21.9. The molecule has 0 fully saturated rings. The number of anilines is 1. The van der Waals surface area contributed by atoms with E-state index in [1.54, 1.807) is 0 Å². The molecule has 3 aromatic heterocycles. The fourth-order valence-corrected chi connectivity index (χ4v) is 3.29. The number of imidazole rings is 1. The van der Waals surface area contributed by atoms with Crippen LogP contribution in [-0.2, 0) is 6.42 Å². The molecule has 11 heteroatoms. The lowest BCUT2D eigenvalue weighted by Gasteiger charge is -2.14. The summed E-state index contributed by atoms with van der Waals surface area (Å²) in [6, 6.07) is 6.64. The van der Waals surface area contributed by atoms with E-state index in [4.69, 9.17) is 5.73 Å². The lowest BCUT2D eigenvalue weighted by Crippen LogP contribution is -2.25. The van der Waals surface area contributed by atoms with Crippen LogP contribution in [0.15, 0.2) is 53.8 Å². The molecule has 0 saturated carbocycles. The number of fused-ring (bicyclic) bond motifs is 2. The highest BCUT2D eigenvalue weighted by molar-refractivity contribution is 5.80. The van der Waals surface area contributed by atoms with Crippen molar-refractivity contribution in [3.05, 3.63) is 82.7 Å². The van der Waals surface area contributed by atoms with Crippen molar-refractivity contribution in [3.63, 3.8) is 0 Å². The minimum atomic E-state index is -0.873. The first-order valence-electron chi connectivity index (χ1n) is 9.95. The number of hydrogen-bond donors (Lipinski definition) is 2.